The van der Waals surface area contributed by atoms with Crippen molar-refractivity contribution < 1.29 is 14.2 Å². The fraction of sp³-hybridized carbons (Fsp3) is 0.444. The molecular weight excluding hydrogens is 477 g/mol. The minimum absolute atomic E-state index is 0.134. The fourth-order valence-electron chi connectivity index (χ4n) is 2.00. The first kappa shape index (κ1) is 25.0. The van der Waals surface area contributed by atoms with Crippen LogP contribution in [0, 0.1) is 0 Å². The van der Waals surface area contributed by atoms with Crippen LogP contribution in [-0.4, -0.2) is 26.4 Å². The first-order chi connectivity index (χ1) is 12.9. The summed E-state index contributed by atoms with van der Waals surface area (Å²) in [5, 5.41) is 0.774. The van der Waals surface area contributed by atoms with Gasteiger partial charge in [-0.25, -0.2) is 0 Å². The van der Waals surface area contributed by atoms with E-state index in [1.165, 1.54) is 6.08 Å². The number of benzene rings is 1. The highest BCUT2D eigenvalue weighted by Gasteiger charge is 2.10. The molecule has 0 aliphatic carbocycles. The number of ether oxygens (including phenoxy) is 3. The van der Waals surface area contributed by atoms with Gasteiger partial charge in [0.2, 0.25) is 0 Å². The zero-order valence-corrected chi connectivity index (χ0v) is 19.0. The van der Waals surface area contributed by atoms with Crippen LogP contribution in [-0.2, 0) is 4.74 Å². The quantitative estimate of drug-likeness (QED) is 0.259. The third kappa shape index (κ3) is 12.2. The van der Waals surface area contributed by atoms with Crippen LogP contribution in [0.5, 0.6) is 11.5 Å². The predicted octanol–water partition coefficient (Wildman–Crippen LogP) is 7.97. The summed E-state index contributed by atoms with van der Waals surface area (Å²) in [5.41, 5.74) is 0. The van der Waals surface area contributed by atoms with Gasteiger partial charge >= 0.3 is 0 Å². The molecule has 0 aliphatic rings. The van der Waals surface area contributed by atoms with Gasteiger partial charge in [-0.15, -0.1) is 0 Å². The van der Waals surface area contributed by atoms with E-state index in [0.29, 0.717) is 41.4 Å². The summed E-state index contributed by atoms with van der Waals surface area (Å²) in [6.07, 6.45) is 7.03. The minimum atomic E-state index is 0.134. The van der Waals surface area contributed by atoms with Crippen LogP contribution in [0.4, 0.5) is 0 Å². The van der Waals surface area contributed by atoms with Crippen molar-refractivity contribution in [3.63, 3.8) is 0 Å². The molecular formula is C18H20Cl6O3. The third-order valence-electron chi connectivity index (χ3n) is 3.24. The van der Waals surface area contributed by atoms with E-state index in [2.05, 4.69) is 0 Å². The Morgan fingerprint density at radius 2 is 1.30 bits per heavy atom. The normalized spacial score (nSPS) is 10.4. The number of hydrogen-bond donors (Lipinski definition) is 0. The molecule has 0 spiro atoms. The molecule has 0 N–H and O–H groups in total. The lowest BCUT2D eigenvalue weighted by Gasteiger charge is -2.12. The van der Waals surface area contributed by atoms with Crippen LogP contribution in [0.3, 0.4) is 0 Å². The smallest absolute Gasteiger partial charge is 0.156 e. The highest BCUT2D eigenvalue weighted by molar-refractivity contribution is 6.56. The van der Waals surface area contributed by atoms with E-state index in [-0.39, 0.29) is 15.6 Å². The Morgan fingerprint density at radius 3 is 1.89 bits per heavy atom. The summed E-state index contributed by atoms with van der Waals surface area (Å²) in [4.78, 5) is 0. The maximum Gasteiger partial charge on any atom is 0.156 e. The molecule has 0 heterocycles. The van der Waals surface area contributed by atoms with Crippen molar-refractivity contribution in [2.24, 2.45) is 0 Å². The van der Waals surface area contributed by atoms with Crippen molar-refractivity contribution in [2.75, 3.05) is 26.4 Å². The lowest BCUT2D eigenvalue weighted by atomic mass is 10.2. The van der Waals surface area contributed by atoms with Crippen LogP contribution in [0.1, 0.15) is 25.7 Å². The highest BCUT2D eigenvalue weighted by Crippen LogP contribution is 2.37. The van der Waals surface area contributed by atoms with Crippen LogP contribution in [0.15, 0.2) is 33.3 Å². The Balaban J connectivity index is 2.24. The second-order valence-corrected chi connectivity index (χ2v) is 8.18. The van der Waals surface area contributed by atoms with E-state index in [1.54, 1.807) is 18.2 Å². The average Bonchev–Trinajstić information content (AvgIpc) is 2.58. The molecule has 0 atom stereocenters. The number of halogens is 6. The van der Waals surface area contributed by atoms with E-state index < -0.39 is 0 Å². The second kappa shape index (κ2) is 14.9. The van der Waals surface area contributed by atoms with Crippen molar-refractivity contribution in [3.05, 3.63) is 43.3 Å². The fourth-order valence-corrected chi connectivity index (χ4v) is 2.83. The van der Waals surface area contributed by atoms with Crippen molar-refractivity contribution in [2.45, 2.75) is 25.7 Å². The van der Waals surface area contributed by atoms with E-state index in [9.17, 15) is 0 Å². The SMILES string of the molecule is ClC(Cl)=CCOCCCCCCOc1c(Cl)cc(OCC=C(Cl)Cl)cc1Cl. The molecule has 1 rings (SSSR count). The molecule has 1 aromatic rings. The molecule has 152 valence electrons. The topological polar surface area (TPSA) is 27.7 Å². The molecule has 0 unspecified atom stereocenters. The Bertz CT molecular complexity index is 603. The monoisotopic (exact) mass is 494 g/mol. The number of unbranched alkanes of at least 4 members (excludes halogenated alkanes) is 3. The summed E-state index contributed by atoms with van der Waals surface area (Å²) < 4.78 is 16.9. The molecule has 0 amide bonds. The Morgan fingerprint density at radius 1 is 0.741 bits per heavy atom. The zero-order chi connectivity index (χ0) is 20.1. The molecule has 0 radical (unpaired) electrons. The second-order valence-electron chi connectivity index (χ2n) is 5.35. The van der Waals surface area contributed by atoms with Crippen LogP contribution < -0.4 is 9.47 Å². The summed E-state index contributed by atoms with van der Waals surface area (Å²) in [6.45, 7) is 1.84. The van der Waals surface area contributed by atoms with E-state index in [4.69, 9.17) is 83.8 Å². The lowest BCUT2D eigenvalue weighted by molar-refractivity contribution is 0.156. The van der Waals surface area contributed by atoms with Gasteiger partial charge in [0.1, 0.15) is 21.3 Å². The molecule has 0 bridgehead atoms. The van der Waals surface area contributed by atoms with Crippen LogP contribution >= 0.6 is 69.6 Å². The van der Waals surface area contributed by atoms with Gasteiger partial charge in [-0.05, 0) is 31.4 Å². The molecule has 1 aromatic carbocycles. The van der Waals surface area contributed by atoms with Crippen molar-refractivity contribution in [1.82, 2.24) is 0 Å². The summed E-state index contributed by atoms with van der Waals surface area (Å²) in [6, 6.07) is 3.27. The number of rotatable bonds is 13. The first-order valence-electron chi connectivity index (χ1n) is 8.25. The standard InChI is InChI=1S/C18H20Cl6O3/c19-14-11-13(26-10-6-17(23)24)12-15(20)18(14)27-8-4-2-1-3-7-25-9-5-16(21)22/h5-6,11-12H,1-4,7-10H2. The molecule has 27 heavy (non-hydrogen) atoms. The lowest BCUT2D eigenvalue weighted by Crippen LogP contribution is -2.00. The Labute approximate surface area is 190 Å². The molecule has 0 aromatic heterocycles. The number of hydrogen-bond acceptors (Lipinski definition) is 3. The van der Waals surface area contributed by atoms with Crippen molar-refractivity contribution in [3.8, 4) is 11.5 Å². The van der Waals surface area contributed by atoms with E-state index in [0.717, 1.165) is 25.7 Å². The van der Waals surface area contributed by atoms with Crippen LogP contribution in [0.25, 0.3) is 0 Å². The maximum atomic E-state index is 6.21. The minimum Gasteiger partial charge on any atom is -0.490 e. The summed E-state index contributed by atoms with van der Waals surface area (Å²) in [5.74, 6) is 0.957. The molecule has 3 nitrogen and oxygen atoms in total. The maximum absolute atomic E-state index is 6.21. The van der Waals surface area contributed by atoms with Gasteiger partial charge in [0.05, 0.1) is 23.3 Å². The molecule has 0 aliphatic heterocycles. The summed E-state index contributed by atoms with van der Waals surface area (Å²) in [7, 11) is 0. The highest BCUT2D eigenvalue weighted by atomic mass is 35.5. The van der Waals surface area contributed by atoms with Crippen molar-refractivity contribution >= 4 is 69.6 Å². The first-order valence-corrected chi connectivity index (χ1v) is 10.5. The average molecular weight is 497 g/mol. The van der Waals surface area contributed by atoms with Gasteiger partial charge in [-0.2, -0.15) is 0 Å². The third-order valence-corrected chi connectivity index (χ3v) is 4.42. The van der Waals surface area contributed by atoms with Gasteiger partial charge in [0.15, 0.2) is 5.75 Å². The van der Waals surface area contributed by atoms with Crippen molar-refractivity contribution in [1.29, 1.82) is 0 Å². The van der Waals surface area contributed by atoms with Gasteiger partial charge in [-0.1, -0.05) is 76.0 Å². The summed E-state index contributed by atoms with van der Waals surface area (Å²) >= 11 is 34.4. The van der Waals surface area contributed by atoms with Crippen LogP contribution in [0.2, 0.25) is 10.0 Å². The molecule has 0 saturated heterocycles. The van der Waals surface area contributed by atoms with E-state index >= 15 is 0 Å². The molecule has 0 fully saturated rings. The Hall–Kier alpha value is -0.000000000000000167. The van der Waals surface area contributed by atoms with E-state index in [1.807, 2.05) is 0 Å². The molecule has 0 saturated carbocycles. The molecule has 9 heteroatoms. The zero-order valence-electron chi connectivity index (χ0n) is 14.5. The predicted molar refractivity (Wildman–Crippen MR) is 116 cm³/mol. The van der Waals surface area contributed by atoms with Gasteiger partial charge < -0.3 is 14.2 Å². The Kier molecular flexibility index (Phi) is 13.8. The largest absolute Gasteiger partial charge is 0.490 e. The van der Waals surface area contributed by atoms with Gasteiger partial charge in [-0.3, -0.25) is 0 Å². The van der Waals surface area contributed by atoms with Gasteiger partial charge in [0.25, 0.3) is 0 Å². The van der Waals surface area contributed by atoms with Gasteiger partial charge in [0, 0.05) is 18.7 Å².